The summed E-state index contributed by atoms with van der Waals surface area (Å²) in [5.74, 6) is 1.33. The van der Waals surface area contributed by atoms with Crippen molar-refractivity contribution in [1.82, 2.24) is 15.4 Å². The molecule has 0 aromatic rings. The van der Waals surface area contributed by atoms with E-state index in [0.29, 0.717) is 31.0 Å². The summed E-state index contributed by atoms with van der Waals surface area (Å²) in [6, 6.07) is 0.298. The van der Waals surface area contributed by atoms with Crippen LogP contribution in [0, 0.1) is 5.92 Å². The van der Waals surface area contributed by atoms with Crippen LogP contribution in [0.15, 0.2) is 4.99 Å². The van der Waals surface area contributed by atoms with E-state index in [1.54, 1.807) is 7.05 Å². The first-order valence-corrected chi connectivity index (χ1v) is 11.0. The number of nitrogens with one attached hydrogen (secondary N) is 3. The van der Waals surface area contributed by atoms with Crippen molar-refractivity contribution < 1.29 is 13.2 Å². The molecule has 1 aliphatic rings. The second-order valence-corrected chi connectivity index (χ2v) is 9.10. The zero-order valence-electron chi connectivity index (χ0n) is 16.2. The topological polar surface area (TPSA) is 91.8 Å². The van der Waals surface area contributed by atoms with Crippen molar-refractivity contribution in [3.63, 3.8) is 0 Å². The number of aliphatic imine (C=N–C) groups is 1. The average Bonchev–Trinajstić information content (AvgIpc) is 2.58. The molecule has 7 nitrogen and oxygen atoms in total. The van der Waals surface area contributed by atoms with Crippen molar-refractivity contribution in [2.75, 3.05) is 32.5 Å². The van der Waals surface area contributed by atoms with Crippen molar-refractivity contribution in [1.29, 1.82) is 0 Å². The molecular weight excluding hydrogens is 340 g/mol. The Balaban J connectivity index is 2.25. The monoisotopic (exact) mass is 376 g/mol. The quantitative estimate of drug-likeness (QED) is 0.397. The zero-order valence-corrected chi connectivity index (χ0v) is 17.0. The van der Waals surface area contributed by atoms with Crippen LogP contribution in [0.3, 0.4) is 0 Å². The van der Waals surface area contributed by atoms with Crippen molar-refractivity contribution in [3.05, 3.63) is 0 Å². The maximum absolute atomic E-state index is 12.1. The van der Waals surface area contributed by atoms with Crippen LogP contribution >= 0.6 is 0 Å². The van der Waals surface area contributed by atoms with Crippen LogP contribution in [0.4, 0.5) is 0 Å². The van der Waals surface area contributed by atoms with Crippen LogP contribution in [-0.2, 0) is 14.8 Å². The van der Waals surface area contributed by atoms with Gasteiger partial charge >= 0.3 is 0 Å². The Labute approximate surface area is 153 Å². The van der Waals surface area contributed by atoms with E-state index < -0.39 is 10.0 Å². The molecule has 0 aromatic carbocycles. The molecule has 1 rings (SSSR count). The first-order valence-electron chi connectivity index (χ1n) is 9.38. The number of hydrogen-bond acceptors (Lipinski definition) is 4. The number of sulfonamides is 1. The highest BCUT2D eigenvalue weighted by Crippen LogP contribution is 2.11. The lowest BCUT2D eigenvalue weighted by Gasteiger charge is -2.22. The molecule has 1 aliphatic heterocycles. The molecule has 0 spiro atoms. The van der Waals surface area contributed by atoms with Crippen LogP contribution in [-0.4, -0.2) is 59.0 Å². The molecule has 2 atom stereocenters. The summed E-state index contributed by atoms with van der Waals surface area (Å²) in [5, 5.41) is 6.37. The first kappa shape index (κ1) is 22.2. The molecule has 0 radical (unpaired) electrons. The second-order valence-electron chi connectivity index (χ2n) is 7.17. The molecule has 1 fully saturated rings. The Kier molecular flexibility index (Phi) is 10.4. The van der Waals surface area contributed by atoms with Crippen LogP contribution in [0.25, 0.3) is 0 Å². The summed E-state index contributed by atoms with van der Waals surface area (Å²) in [5.41, 5.74) is 0. The Morgan fingerprint density at radius 2 is 2.00 bits per heavy atom. The molecule has 2 unspecified atom stereocenters. The van der Waals surface area contributed by atoms with E-state index in [1.165, 1.54) is 0 Å². The van der Waals surface area contributed by atoms with E-state index in [9.17, 15) is 8.42 Å². The molecule has 8 heteroatoms. The van der Waals surface area contributed by atoms with Gasteiger partial charge in [0.1, 0.15) is 0 Å². The summed E-state index contributed by atoms with van der Waals surface area (Å²) < 4.78 is 32.3. The molecule has 25 heavy (non-hydrogen) atoms. The van der Waals surface area contributed by atoms with Gasteiger partial charge < -0.3 is 15.4 Å². The second kappa shape index (κ2) is 11.7. The number of nitrogens with zero attached hydrogens (tertiary/aromatic N) is 1. The molecule has 1 heterocycles. The number of ether oxygens (including phenoxy) is 1. The van der Waals surface area contributed by atoms with Gasteiger partial charge in [-0.15, -0.1) is 0 Å². The van der Waals surface area contributed by atoms with Crippen LogP contribution in [0.2, 0.25) is 0 Å². The standard InChI is InChI=1S/C17H36N4O3S/c1-14(2)8-9-15(3)21-17(18-4)19-10-12-25(22,23)20-13-16-7-5-6-11-24-16/h14-16,20H,5-13H2,1-4H3,(H2,18,19,21). The fraction of sp³-hybridized carbons (Fsp3) is 0.941. The highest BCUT2D eigenvalue weighted by molar-refractivity contribution is 7.89. The third-order valence-electron chi connectivity index (χ3n) is 4.25. The third kappa shape index (κ3) is 10.7. The SMILES string of the molecule is CN=C(NCCS(=O)(=O)NCC1CCCCO1)NC(C)CCC(C)C. The maximum atomic E-state index is 12.1. The Morgan fingerprint density at radius 3 is 2.60 bits per heavy atom. The fourth-order valence-corrected chi connectivity index (χ4v) is 3.60. The van der Waals surface area contributed by atoms with E-state index in [-0.39, 0.29) is 11.9 Å². The maximum Gasteiger partial charge on any atom is 0.213 e. The fourth-order valence-electron chi connectivity index (χ4n) is 2.65. The molecule has 148 valence electrons. The lowest BCUT2D eigenvalue weighted by molar-refractivity contribution is 0.0200. The van der Waals surface area contributed by atoms with Crippen molar-refractivity contribution >= 4 is 16.0 Å². The van der Waals surface area contributed by atoms with Gasteiger partial charge in [0.2, 0.25) is 10.0 Å². The summed E-state index contributed by atoms with van der Waals surface area (Å²) >= 11 is 0. The summed E-state index contributed by atoms with van der Waals surface area (Å²) in [6.07, 6.45) is 5.30. The summed E-state index contributed by atoms with van der Waals surface area (Å²) in [4.78, 5) is 4.15. The average molecular weight is 377 g/mol. The van der Waals surface area contributed by atoms with Gasteiger partial charge in [0.05, 0.1) is 11.9 Å². The molecular formula is C17H36N4O3S. The third-order valence-corrected chi connectivity index (χ3v) is 5.60. The van der Waals surface area contributed by atoms with Crippen LogP contribution < -0.4 is 15.4 Å². The van der Waals surface area contributed by atoms with Gasteiger partial charge in [-0.25, -0.2) is 13.1 Å². The van der Waals surface area contributed by atoms with Gasteiger partial charge in [0.15, 0.2) is 5.96 Å². The minimum atomic E-state index is -3.31. The Hall–Kier alpha value is -0.860. The minimum absolute atomic E-state index is 0.00715. The van der Waals surface area contributed by atoms with Gasteiger partial charge in [-0.1, -0.05) is 13.8 Å². The number of rotatable bonds is 10. The smallest absolute Gasteiger partial charge is 0.213 e. The van der Waals surface area contributed by atoms with Gasteiger partial charge in [0.25, 0.3) is 0 Å². The van der Waals surface area contributed by atoms with Crippen LogP contribution in [0.1, 0.15) is 52.9 Å². The van der Waals surface area contributed by atoms with Crippen molar-refractivity contribution in [2.24, 2.45) is 10.9 Å². The number of hydrogen-bond donors (Lipinski definition) is 3. The molecule has 0 saturated carbocycles. The lowest BCUT2D eigenvalue weighted by atomic mass is 10.0. The van der Waals surface area contributed by atoms with E-state index in [2.05, 4.69) is 41.1 Å². The predicted molar refractivity (Wildman–Crippen MR) is 103 cm³/mol. The molecule has 0 amide bonds. The lowest BCUT2D eigenvalue weighted by Crippen LogP contribution is -2.45. The highest BCUT2D eigenvalue weighted by Gasteiger charge is 2.17. The molecule has 0 aliphatic carbocycles. The Morgan fingerprint density at radius 1 is 1.24 bits per heavy atom. The molecule has 0 aromatic heterocycles. The minimum Gasteiger partial charge on any atom is -0.377 e. The van der Waals surface area contributed by atoms with E-state index >= 15 is 0 Å². The van der Waals surface area contributed by atoms with E-state index in [4.69, 9.17) is 4.74 Å². The van der Waals surface area contributed by atoms with Gasteiger partial charge in [-0.2, -0.15) is 0 Å². The zero-order chi connectivity index (χ0) is 18.7. The molecule has 0 bridgehead atoms. The van der Waals surface area contributed by atoms with Crippen molar-refractivity contribution in [3.8, 4) is 0 Å². The largest absolute Gasteiger partial charge is 0.377 e. The normalized spacial score (nSPS) is 20.5. The molecule has 3 N–H and O–H groups in total. The van der Waals surface area contributed by atoms with E-state index in [1.807, 2.05) is 0 Å². The van der Waals surface area contributed by atoms with Crippen molar-refractivity contribution in [2.45, 2.75) is 65.0 Å². The summed E-state index contributed by atoms with van der Waals surface area (Å²) in [7, 11) is -1.62. The van der Waals surface area contributed by atoms with Gasteiger partial charge in [-0.3, -0.25) is 4.99 Å². The predicted octanol–water partition coefficient (Wildman–Crippen LogP) is 1.46. The van der Waals surface area contributed by atoms with Crippen LogP contribution in [0.5, 0.6) is 0 Å². The summed E-state index contributed by atoms with van der Waals surface area (Å²) in [6.45, 7) is 7.92. The first-order chi connectivity index (χ1) is 11.8. The number of guanidine groups is 1. The van der Waals surface area contributed by atoms with Gasteiger partial charge in [0, 0.05) is 32.8 Å². The van der Waals surface area contributed by atoms with Gasteiger partial charge in [-0.05, 0) is 44.9 Å². The Bertz CT molecular complexity index is 488. The van der Waals surface area contributed by atoms with E-state index in [0.717, 1.165) is 38.7 Å². The highest BCUT2D eigenvalue weighted by atomic mass is 32.2. The molecule has 1 saturated heterocycles.